The summed E-state index contributed by atoms with van der Waals surface area (Å²) in [5, 5.41) is 0.484. The summed E-state index contributed by atoms with van der Waals surface area (Å²) in [5.74, 6) is 0.131. The van der Waals surface area contributed by atoms with Gasteiger partial charge in [-0.15, -0.1) is 11.3 Å². The second-order valence-electron chi connectivity index (χ2n) is 6.78. The lowest BCUT2D eigenvalue weighted by Gasteiger charge is -2.28. The number of methoxy groups -OCH3 is 1. The Morgan fingerprint density at radius 3 is 2.81 bits per heavy atom. The summed E-state index contributed by atoms with van der Waals surface area (Å²) in [5.41, 5.74) is 1.10. The summed E-state index contributed by atoms with van der Waals surface area (Å²) in [6.45, 7) is 2.48. The molecule has 0 aliphatic carbocycles. The number of nitrogens with zero attached hydrogens (tertiary/aromatic N) is 3. The van der Waals surface area contributed by atoms with Crippen LogP contribution in [0.3, 0.4) is 0 Å². The van der Waals surface area contributed by atoms with Crippen LogP contribution in [0.25, 0.3) is 16.3 Å². The first kappa shape index (κ1) is 22.5. The highest BCUT2D eigenvalue weighted by Crippen LogP contribution is 2.37. The van der Waals surface area contributed by atoms with E-state index in [1.54, 1.807) is 18.2 Å². The predicted molar refractivity (Wildman–Crippen MR) is 124 cm³/mol. The van der Waals surface area contributed by atoms with Crippen molar-refractivity contribution in [1.82, 2.24) is 9.97 Å². The fourth-order valence-electron chi connectivity index (χ4n) is 3.14. The lowest BCUT2D eigenvalue weighted by Crippen LogP contribution is -2.36. The van der Waals surface area contributed by atoms with Crippen molar-refractivity contribution in [2.45, 2.75) is 4.90 Å². The van der Waals surface area contributed by atoms with Gasteiger partial charge < -0.3 is 14.4 Å². The number of morpholine rings is 1. The molecular weight excluding hydrogens is 476 g/mol. The second-order valence-corrected chi connectivity index (χ2v) is 9.85. The minimum atomic E-state index is -3.88. The van der Waals surface area contributed by atoms with Gasteiger partial charge in [0.05, 0.1) is 35.4 Å². The molecule has 0 amide bonds. The molecule has 168 valence electrons. The highest BCUT2D eigenvalue weighted by molar-refractivity contribution is 7.93. The van der Waals surface area contributed by atoms with E-state index in [0.29, 0.717) is 48.2 Å². The van der Waals surface area contributed by atoms with Crippen molar-refractivity contribution in [3.8, 4) is 0 Å². The Bertz CT molecular complexity index is 1290. The fraction of sp³-hybridized carbons (Fsp3) is 0.250. The molecule has 12 heteroatoms. The maximum absolute atomic E-state index is 13.0. The highest BCUT2D eigenvalue weighted by Gasteiger charge is 2.21. The first-order valence-corrected chi connectivity index (χ1v) is 12.2. The number of thiophene rings is 1. The van der Waals surface area contributed by atoms with Gasteiger partial charge in [-0.3, -0.25) is 4.72 Å². The van der Waals surface area contributed by atoms with Gasteiger partial charge in [0.15, 0.2) is 5.82 Å². The number of anilines is 2. The number of fused-ring (bicyclic) bond motifs is 1. The number of sulfonamides is 1. The van der Waals surface area contributed by atoms with E-state index in [1.807, 2.05) is 4.90 Å². The topological polar surface area (TPSA) is 111 Å². The lowest BCUT2D eigenvalue weighted by molar-refractivity contribution is -0.134. The fourth-order valence-corrected chi connectivity index (χ4v) is 5.66. The number of rotatable bonds is 6. The minimum absolute atomic E-state index is 0.0551. The largest absolute Gasteiger partial charge is 0.466 e. The van der Waals surface area contributed by atoms with Crippen molar-refractivity contribution in [2.75, 3.05) is 43.0 Å². The van der Waals surface area contributed by atoms with Crippen molar-refractivity contribution < 1.29 is 22.7 Å². The monoisotopic (exact) mass is 494 g/mol. The first-order valence-electron chi connectivity index (χ1n) is 9.54. The average molecular weight is 495 g/mol. The predicted octanol–water partition coefficient (Wildman–Crippen LogP) is 3.17. The Morgan fingerprint density at radius 1 is 1.28 bits per heavy atom. The number of ether oxygens (including phenoxy) is 2. The molecular formula is C20H19ClN4O5S2. The standard InChI is InChI=1S/C20H19ClN4O5S2/c1-29-17(26)6-5-13-3-2-4-14(11-13)32(27,28)24-16-12-15-18(31-16)19(23-20(21)22-15)25-7-9-30-10-8-25/h2-6,11-12,24H,7-10H2,1H3. The van der Waals surface area contributed by atoms with Crippen LogP contribution >= 0.6 is 22.9 Å². The van der Waals surface area contributed by atoms with Gasteiger partial charge in [-0.25, -0.2) is 18.2 Å². The quantitative estimate of drug-likeness (QED) is 0.316. The van der Waals surface area contributed by atoms with Gasteiger partial charge in [0.2, 0.25) is 5.28 Å². The molecule has 1 aromatic carbocycles. The van der Waals surface area contributed by atoms with E-state index in [0.717, 1.165) is 4.70 Å². The average Bonchev–Trinajstić information content (AvgIpc) is 3.18. The van der Waals surface area contributed by atoms with Crippen LogP contribution in [0.5, 0.6) is 0 Å². The number of esters is 1. The zero-order valence-electron chi connectivity index (χ0n) is 16.9. The van der Waals surface area contributed by atoms with E-state index in [1.165, 1.54) is 42.7 Å². The number of benzene rings is 1. The van der Waals surface area contributed by atoms with E-state index in [4.69, 9.17) is 16.3 Å². The SMILES string of the molecule is COC(=O)C=Cc1cccc(S(=O)(=O)Nc2cc3nc(Cl)nc(N4CCOCC4)c3s2)c1. The number of aromatic nitrogens is 2. The molecule has 3 heterocycles. The zero-order valence-corrected chi connectivity index (χ0v) is 19.3. The van der Waals surface area contributed by atoms with Crippen LogP contribution in [0.15, 0.2) is 41.3 Å². The Morgan fingerprint density at radius 2 is 2.06 bits per heavy atom. The molecule has 3 aromatic rings. The van der Waals surface area contributed by atoms with E-state index in [2.05, 4.69) is 19.4 Å². The van der Waals surface area contributed by atoms with Crippen LogP contribution in [-0.2, 0) is 24.3 Å². The van der Waals surface area contributed by atoms with Crippen molar-refractivity contribution in [3.05, 3.63) is 47.3 Å². The van der Waals surface area contributed by atoms with E-state index < -0.39 is 16.0 Å². The third kappa shape index (κ3) is 5.01. The molecule has 4 rings (SSSR count). The summed E-state index contributed by atoms with van der Waals surface area (Å²) < 4.78 is 39.2. The van der Waals surface area contributed by atoms with Crippen LogP contribution in [0, 0.1) is 0 Å². The molecule has 0 unspecified atom stereocenters. The van der Waals surface area contributed by atoms with Gasteiger partial charge in [0.1, 0.15) is 5.00 Å². The van der Waals surface area contributed by atoms with Crippen LogP contribution in [0.2, 0.25) is 5.28 Å². The molecule has 1 N–H and O–H groups in total. The van der Waals surface area contributed by atoms with Crippen molar-refractivity contribution >= 4 is 66.0 Å². The molecule has 32 heavy (non-hydrogen) atoms. The number of carbonyl (C=O) groups is 1. The zero-order chi connectivity index (χ0) is 22.7. The number of hydrogen-bond donors (Lipinski definition) is 1. The maximum Gasteiger partial charge on any atom is 0.330 e. The van der Waals surface area contributed by atoms with Crippen LogP contribution in [-0.4, -0.2) is 57.8 Å². The van der Waals surface area contributed by atoms with Crippen molar-refractivity contribution in [3.63, 3.8) is 0 Å². The normalized spacial score (nSPS) is 14.8. The van der Waals surface area contributed by atoms with Crippen molar-refractivity contribution in [1.29, 1.82) is 0 Å². The van der Waals surface area contributed by atoms with Gasteiger partial charge in [0, 0.05) is 25.2 Å². The Kier molecular flexibility index (Phi) is 6.60. The number of nitrogens with one attached hydrogen (secondary N) is 1. The van der Waals surface area contributed by atoms with Crippen LogP contribution < -0.4 is 9.62 Å². The molecule has 9 nitrogen and oxygen atoms in total. The van der Waals surface area contributed by atoms with Gasteiger partial charge in [-0.2, -0.15) is 4.98 Å². The molecule has 0 radical (unpaired) electrons. The summed E-state index contributed by atoms with van der Waals surface area (Å²) >= 11 is 7.35. The highest BCUT2D eigenvalue weighted by atomic mass is 35.5. The number of halogens is 1. The number of carbonyl (C=O) groups excluding carboxylic acids is 1. The molecule has 1 fully saturated rings. The molecule has 0 spiro atoms. The smallest absolute Gasteiger partial charge is 0.330 e. The van der Waals surface area contributed by atoms with Gasteiger partial charge in [-0.1, -0.05) is 12.1 Å². The molecule has 0 saturated carbocycles. The van der Waals surface area contributed by atoms with E-state index in [-0.39, 0.29) is 10.2 Å². The summed E-state index contributed by atoms with van der Waals surface area (Å²) in [6.07, 6.45) is 2.71. The molecule has 1 aliphatic rings. The lowest BCUT2D eigenvalue weighted by atomic mass is 10.2. The van der Waals surface area contributed by atoms with E-state index in [9.17, 15) is 13.2 Å². The molecule has 2 aromatic heterocycles. The molecule has 0 bridgehead atoms. The van der Waals surface area contributed by atoms with Crippen LogP contribution in [0.4, 0.5) is 10.8 Å². The molecule has 1 saturated heterocycles. The third-order valence-corrected chi connectivity index (χ3v) is 7.35. The minimum Gasteiger partial charge on any atom is -0.466 e. The third-order valence-electron chi connectivity index (χ3n) is 4.65. The first-order chi connectivity index (χ1) is 15.4. The molecule has 0 atom stereocenters. The van der Waals surface area contributed by atoms with Gasteiger partial charge in [-0.05, 0) is 35.4 Å². The van der Waals surface area contributed by atoms with Crippen molar-refractivity contribution in [2.24, 2.45) is 0 Å². The summed E-state index contributed by atoms with van der Waals surface area (Å²) in [6, 6.07) is 7.85. The Labute approximate surface area is 193 Å². The van der Waals surface area contributed by atoms with Gasteiger partial charge in [0.25, 0.3) is 10.0 Å². The molecule has 1 aliphatic heterocycles. The summed E-state index contributed by atoms with van der Waals surface area (Å²) in [4.78, 5) is 22.0. The Balaban J connectivity index is 1.63. The maximum atomic E-state index is 13.0. The van der Waals surface area contributed by atoms with Gasteiger partial charge >= 0.3 is 5.97 Å². The van der Waals surface area contributed by atoms with E-state index >= 15 is 0 Å². The number of hydrogen-bond acceptors (Lipinski definition) is 9. The second kappa shape index (κ2) is 9.41. The summed E-state index contributed by atoms with van der Waals surface area (Å²) in [7, 11) is -2.61. The Hall–Kier alpha value is -2.73. The van der Waals surface area contributed by atoms with Crippen LogP contribution in [0.1, 0.15) is 5.56 Å².